The molecule has 0 aliphatic rings. The smallest absolute Gasteiger partial charge is 0.255 e. The molecule has 3 aromatic rings. The van der Waals surface area contributed by atoms with Gasteiger partial charge in [0.1, 0.15) is 0 Å². The van der Waals surface area contributed by atoms with Gasteiger partial charge in [-0.2, -0.15) is 16.8 Å². The van der Waals surface area contributed by atoms with Crippen LogP contribution in [0.4, 0.5) is 11.1 Å². The van der Waals surface area contributed by atoms with Crippen LogP contribution in [0, 0.1) is 0 Å². The van der Waals surface area contributed by atoms with Crippen LogP contribution in [-0.4, -0.2) is 38.2 Å². The van der Waals surface area contributed by atoms with Crippen molar-refractivity contribution in [2.75, 3.05) is 17.6 Å². The Labute approximate surface area is 169 Å². The van der Waals surface area contributed by atoms with Crippen molar-refractivity contribution in [2.24, 2.45) is 16.5 Å². The molecule has 0 radical (unpaired) electrons. The topological polar surface area (TPSA) is 148 Å². The summed E-state index contributed by atoms with van der Waals surface area (Å²) in [6.45, 7) is 0.665. The minimum atomic E-state index is -0.162. The van der Waals surface area contributed by atoms with Crippen LogP contribution < -0.4 is 22.3 Å². The molecule has 3 aromatic heterocycles. The minimum Gasteiger partial charge on any atom is -0.370 e. The van der Waals surface area contributed by atoms with Gasteiger partial charge in [0, 0.05) is 53.5 Å². The molecule has 28 heavy (non-hydrogen) atoms. The Balaban J connectivity index is 1.42. The molecule has 0 saturated heterocycles. The highest BCUT2D eigenvalue weighted by atomic mass is 32.2. The molecule has 0 amide bonds. The summed E-state index contributed by atoms with van der Waals surface area (Å²) in [5.41, 5.74) is 12.8. The standard InChI is InChI=1S/C17H20N8OS2/c18-15(19)25-17-23-13(10-28-17)9-27-6-5-21-16-22-8-11(14(26)24-16)7-12-3-1-2-4-20-12/h1-4,8,10H,5-7,9H2,(H4,18,19,23,25)(H2,21,22,24,26). The van der Waals surface area contributed by atoms with Gasteiger partial charge in [-0.05, 0) is 12.1 Å². The van der Waals surface area contributed by atoms with Crippen molar-refractivity contribution >= 4 is 40.1 Å². The van der Waals surface area contributed by atoms with Gasteiger partial charge in [-0.15, -0.1) is 11.3 Å². The van der Waals surface area contributed by atoms with Crippen molar-refractivity contribution in [3.8, 4) is 0 Å². The summed E-state index contributed by atoms with van der Waals surface area (Å²) in [7, 11) is 0. The predicted octanol–water partition coefficient (Wildman–Crippen LogP) is 1.46. The summed E-state index contributed by atoms with van der Waals surface area (Å²) >= 11 is 3.11. The molecule has 0 aromatic carbocycles. The highest BCUT2D eigenvalue weighted by Crippen LogP contribution is 2.21. The van der Waals surface area contributed by atoms with Gasteiger partial charge in [-0.25, -0.2) is 9.97 Å². The zero-order valence-corrected chi connectivity index (χ0v) is 16.6. The van der Waals surface area contributed by atoms with E-state index in [1.54, 1.807) is 24.2 Å². The molecule has 11 heteroatoms. The number of pyridine rings is 1. The van der Waals surface area contributed by atoms with Crippen LogP contribution in [0.25, 0.3) is 0 Å². The van der Waals surface area contributed by atoms with Crippen LogP contribution in [0.1, 0.15) is 17.0 Å². The summed E-state index contributed by atoms with van der Waals surface area (Å²) in [5.74, 6) is 2.05. The van der Waals surface area contributed by atoms with Crippen molar-refractivity contribution in [1.29, 1.82) is 0 Å². The Bertz CT molecular complexity index is 982. The Hall–Kier alpha value is -2.92. The number of hydrogen-bond donors (Lipinski definition) is 4. The lowest BCUT2D eigenvalue weighted by molar-refractivity contribution is 0.982. The van der Waals surface area contributed by atoms with Gasteiger partial charge in [-0.1, -0.05) is 6.07 Å². The van der Waals surface area contributed by atoms with E-state index in [0.717, 1.165) is 22.9 Å². The number of hydrogen-bond acceptors (Lipinski definition) is 8. The third-order valence-electron chi connectivity index (χ3n) is 3.52. The lowest BCUT2D eigenvalue weighted by atomic mass is 10.2. The largest absolute Gasteiger partial charge is 0.370 e. The molecule has 0 aliphatic heterocycles. The Morgan fingerprint density at radius 3 is 2.93 bits per heavy atom. The maximum atomic E-state index is 12.2. The zero-order chi connectivity index (χ0) is 19.8. The second-order valence-corrected chi connectivity index (χ2v) is 7.66. The van der Waals surface area contributed by atoms with Gasteiger partial charge < -0.3 is 16.8 Å². The number of aromatic nitrogens is 4. The summed E-state index contributed by atoms with van der Waals surface area (Å²) in [4.78, 5) is 31.7. The normalized spacial score (nSPS) is 10.6. The first-order valence-corrected chi connectivity index (χ1v) is 10.5. The van der Waals surface area contributed by atoms with Crippen molar-refractivity contribution in [3.63, 3.8) is 0 Å². The molecule has 3 rings (SSSR count). The molecule has 0 fully saturated rings. The van der Waals surface area contributed by atoms with E-state index < -0.39 is 0 Å². The van der Waals surface area contributed by atoms with E-state index >= 15 is 0 Å². The Morgan fingerprint density at radius 1 is 1.29 bits per heavy atom. The second-order valence-electron chi connectivity index (χ2n) is 5.72. The SMILES string of the molecule is NC(N)=Nc1nc(CSCCNc2ncc(Cc3ccccn3)c(=O)[nH]2)cs1. The van der Waals surface area contributed by atoms with Crippen molar-refractivity contribution in [3.05, 3.63) is 63.3 Å². The number of nitrogens with one attached hydrogen (secondary N) is 2. The van der Waals surface area contributed by atoms with Crippen LogP contribution in [0.15, 0.2) is 45.8 Å². The van der Waals surface area contributed by atoms with Gasteiger partial charge >= 0.3 is 0 Å². The quantitative estimate of drug-likeness (QED) is 0.233. The van der Waals surface area contributed by atoms with Crippen LogP contribution >= 0.6 is 23.1 Å². The summed E-state index contributed by atoms with van der Waals surface area (Å²) < 4.78 is 0. The average Bonchev–Trinajstić information content (AvgIpc) is 3.11. The van der Waals surface area contributed by atoms with Crippen molar-refractivity contribution in [2.45, 2.75) is 12.2 Å². The lowest BCUT2D eigenvalue weighted by Gasteiger charge is -2.06. The highest BCUT2D eigenvalue weighted by molar-refractivity contribution is 7.98. The van der Waals surface area contributed by atoms with E-state index in [1.807, 2.05) is 23.6 Å². The number of nitrogens with zero attached hydrogens (tertiary/aromatic N) is 4. The first kappa shape index (κ1) is 19.8. The molecule has 0 atom stereocenters. The number of anilines is 1. The van der Waals surface area contributed by atoms with Gasteiger partial charge in [0.15, 0.2) is 5.96 Å². The van der Waals surface area contributed by atoms with Crippen LogP contribution in [0.2, 0.25) is 0 Å². The highest BCUT2D eigenvalue weighted by Gasteiger charge is 2.05. The number of aliphatic imine (C=N–C) groups is 1. The average molecular weight is 417 g/mol. The molecule has 9 nitrogen and oxygen atoms in total. The lowest BCUT2D eigenvalue weighted by Crippen LogP contribution is -2.21. The fourth-order valence-corrected chi connectivity index (χ4v) is 3.84. The summed E-state index contributed by atoms with van der Waals surface area (Å²) in [6, 6.07) is 5.62. The van der Waals surface area contributed by atoms with Crippen LogP contribution in [0.5, 0.6) is 0 Å². The molecule has 0 aliphatic carbocycles. The van der Waals surface area contributed by atoms with E-state index in [0.29, 0.717) is 29.6 Å². The molecule has 0 unspecified atom stereocenters. The minimum absolute atomic E-state index is 0.00490. The van der Waals surface area contributed by atoms with E-state index in [-0.39, 0.29) is 11.5 Å². The molecule has 0 saturated carbocycles. The third kappa shape index (κ3) is 6.06. The first-order valence-electron chi connectivity index (χ1n) is 8.44. The number of aromatic amines is 1. The first-order chi connectivity index (χ1) is 13.6. The fourth-order valence-electron chi connectivity index (χ4n) is 2.28. The maximum absolute atomic E-state index is 12.2. The molecular formula is C17H20N8OS2. The summed E-state index contributed by atoms with van der Waals surface area (Å²) in [5, 5.41) is 5.61. The molecule has 146 valence electrons. The van der Waals surface area contributed by atoms with Crippen molar-refractivity contribution in [1.82, 2.24) is 19.9 Å². The maximum Gasteiger partial charge on any atom is 0.255 e. The number of thiazole rings is 1. The third-order valence-corrected chi connectivity index (χ3v) is 5.30. The van der Waals surface area contributed by atoms with Gasteiger partial charge in [0.25, 0.3) is 5.56 Å². The fraction of sp³-hybridized carbons (Fsp3) is 0.235. The molecule has 3 heterocycles. The number of guanidine groups is 1. The predicted molar refractivity (Wildman–Crippen MR) is 114 cm³/mol. The number of H-pyrrole nitrogens is 1. The van der Waals surface area contributed by atoms with E-state index in [1.165, 1.54) is 11.3 Å². The van der Waals surface area contributed by atoms with Gasteiger partial charge in [-0.3, -0.25) is 14.8 Å². The van der Waals surface area contributed by atoms with E-state index in [9.17, 15) is 4.79 Å². The number of rotatable bonds is 9. The number of nitrogens with two attached hydrogens (primary N) is 2. The van der Waals surface area contributed by atoms with E-state index in [2.05, 4.69) is 30.2 Å². The van der Waals surface area contributed by atoms with E-state index in [4.69, 9.17) is 11.5 Å². The van der Waals surface area contributed by atoms with Crippen molar-refractivity contribution < 1.29 is 0 Å². The van der Waals surface area contributed by atoms with Gasteiger partial charge in [0.05, 0.1) is 5.69 Å². The second kappa shape index (κ2) is 9.85. The molecule has 6 N–H and O–H groups in total. The number of thioether (sulfide) groups is 1. The zero-order valence-electron chi connectivity index (χ0n) is 15.0. The van der Waals surface area contributed by atoms with Crippen LogP contribution in [-0.2, 0) is 12.2 Å². The Kier molecular flexibility index (Phi) is 6.98. The summed E-state index contributed by atoms with van der Waals surface area (Å²) in [6.07, 6.45) is 3.75. The Morgan fingerprint density at radius 2 is 2.18 bits per heavy atom. The molecule has 0 bridgehead atoms. The van der Waals surface area contributed by atoms with Gasteiger partial charge in [0.2, 0.25) is 11.1 Å². The molecule has 0 spiro atoms. The van der Waals surface area contributed by atoms with Crippen LogP contribution in [0.3, 0.4) is 0 Å². The molecular weight excluding hydrogens is 396 g/mol. The monoisotopic (exact) mass is 416 g/mol.